The van der Waals surface area contributed by atoms with E-state index in [2.05, 4.69) is 5.32 Å². The summed E-state index contributed by atoms with van der Waals surface area (Å²) in [4.78, 5) is 26.6. The highest BCUT2D eigenvalue weighted by Crippen LogP contribution is 2.26. The SMILES string of the molecule is O=C(CCC(=O)N(c1ccccc1)c1ccccc1)Nc1ccc(F)cc1. The van der Waals surface area contributed by atoms with Crippen LogP contribution in [-0.2, 0) is 9.59 Å². The summed E-state index contributed by atoms with van der Waals surface area (Å²) in [6.07, 6.45) is 0.0865. The molecule has 0 saturated carbocycles. The van der Waals surface area contributed by atoms with E-state index in [0.717, 1.165) is 11.4 Å². The molecule has 3 rings (SSSR count). The molecule has 1 N–H and O–H groups in total. The number of nitrogens with zero attached hydrogens (tertiary/aromatic N) is 1. The van der Waals surface area contributed by atoms with E-state index in [1.807, 2.05) is 60.7 Å². The van der Waals surface area contributed by atoms with Crippen molar-refractivity contribution >= 4 is 28.9 Å². The Morgan fingerprint density at radius 1 is 0.741 bits per heavy atom. The number of hydrogen-bond donors (Lipinski definition) is 1. The van der Waals surface area contributed by atoms with Gasteiger partial charge in [-0.1, -0.05) is 36.4 Å². The average Bonchev–Trinajstić information content (AvgIpc) is 2.70. The third-order valence-corrected chi connectivity index (χ3v) is 3.97. The van der Waals surface area contributed by atoms with Crippen molar-refractivity contribution < 1.29 is 14.0 Å². The van der Waals surface area contributed by atoms with Gasteiger partial charge in [0.1, 0.15) is 5.82 Å². The summed E-state index contributed by atoms with van der Waals surface area (Å²) in [5.74, 6) is -0.845. The number of benzene rings is 3. The average molecular weight is 362 g/mol. The number of amides is 2. The first-order valence-electron chi connectivity index (χ1n) is 8.62. The zero-order valence-corrected chi connectivity index (χ0v) is 14.6. The molecule has 0 radical (unpaired) electrons. The van der Waals surface area contributed by atoms with Gasteiger partial charge >= 0.3 is 0 Å². The molecule has 27 heavy (non-hydrogen) atoms. The van der Waals surface area contributed by atoms with Gasteiger partial charge in [-0.05, 0) is 48.5 Å². The Kier molecular flexibility index (Phi) is 5.94. The van der Waals surface area contributed by atoms with Crippen molar-refractivity contribution in [2.24, 2.45) is 0 Å². The Balaban J connectivity index is 1.68. The first-order valence-corrected chi connectivity index (χ1v) is 8.62. The van der Waals surface area contributed by atoms with Crippen LogP contribution in [0.5, 0.6) is 0 Å². The van der Waals surface area contributed by atoms with Crippen LogP contribution in [0, 0.1) is 5.82 Å². The Labute approximate surface area is 157 Å². The second kappa shape index (κ2) is 8.76. The number of halogens is 1. The maximum absolute atomic E-state index is 12.9. The number of nitrogens with one attached hydrogen (secondary N) is 1. The number of para-hydroxylation sites is 2. The summed E-state index contributed by atoms with van der Waals surface area (Å²) in [7, 11) is 0. The summed E-state index contributed by atoms with van der Waals surface area (Å²) >= 11 is 0. The van der Waals surface area contributed by atoms with E-state index in [1.54, 1.807) is 4.90 Å². The quantitative estimate of drug-likeness (QED) is 0.677. The number of anilines is 3. The van der Waals surface area contributed by atoms with Gasteiger partial charge in [0.05, 0.1) is 0 Å². The summed E-state index contributed by atoms with van der Waals surface area (Å²) in [6, 6.07) is 24.1. The number of hydrogen-bond acceptors (Lipinski definition) is 2. The molecule has 136 valence electrons. The van der Waals surface area contributed by atoms with Crippen LogP contribution in [0.25, 0.3) is 0 Å². The largest absolute Gasteiger partial charge is 0.326 e. The Hall–Kier alpha value is -3.47. The lowest BCUT2D eigenvalue weighted by atomic mass is 10.2. The molecular weight excluding hydrogens is 343 g/mol. The predicted octanol–water partition coefficient (Wildman–Crippen LogP) is 4.91. The van der Waals surface area contributed by atoms with Crippen molar-refractivity contribution in [2.75, 3.05) is 10.2 Å². The molecule has 0 aromatic heterocycles. The van der Waals surface area contributed by atoms with Crippen LogP contribution in [0.2, 0.25) is 0 Å². The number of carbonyl (C=O) groups is 2. The van der Waals surface area contributed by atoms with Crippen molar-refractivity contribution in [3.05, 3.63) is 90.7 Å². The van der Waals surface area contributed by atoms with Crippen molar-refractivity contribution in [3.63, 3.8) is 0 Å². The van der Waals surface area contributed by atoms with Gasteiger partial charge in [-0.15, -0.1) is 0 Å². The van der Waals surface area contributed by atoms with Crippen molar-refractivity contribution in [2.45, 2.75) is 12.8 Å². The second-order valence-electron chi connectivity index (χ2n) is 5.96. The number of carbonyl (C=O) groups excluding carboxylic acids is 2. The van der Waals surface area contributed by atoms with Gasteiger partial charge in [-0.25, -0.2) is 4.39 Å². The normalized spacial score (nSPS) is 10.3. The van der Waals surface area contributed by atoms with Gasteiger partial charge in [-0.2, -0.15) is 0 Å². The highest BCUT2D eigenvalue weighted by atomic mass is 19.1. The van der Waals surface area contributed by atoms with E-state index < -0.39 is 0 Å². The van der Waals surface area contributed by atoms with Gasteiger partial charge < -0.3 is 5.32 Å². The Bertz CT molecular complexity index is 857. The maximum atomic E-state index is 12.9. The van der Waals surface area contributed by atoms with Crippen molar-refractivity contribution in [1.82, 2.24) is 0 Å². The third kappa shape index (κ3) is 5.01. The van der Waals surface area contributed by atoms with Crippen molar-refractivity contribution in [1.29, 1.82) is 0 Å². The lowest BCUT2D eigenvalue weighted by Gasteiger charge is -2.23. The van der Waals surface area contributed by atoms with Crippen LogP contribution < -0.4 is 10.2 Å². The van der Waals surface area contributed by atoms with Gasteiger partial charge in [0.25, 0.3) is 0 Å². The van der Waals surface area contributed by atoms with Crippen LogP contribution in [0.4, 0.5) is 21.5 Å². The minimum absolute atomic E-state index is 0.0341. The lowest BCUT2D eigenvalue weighted by Crippen LogP contribution is -2.27. The molecule has 3 aromatic carbocycles. The minimum Gasteiger partial charge on any atom is -0.326 e. The fourth-order valence-electron chi connectivity index (χ4n) is 2.68. The molecule has 0 spiro atoms. The van der Waals surface area contributed by atoms with Gasteiger partial charge in [0, 0.05) is 29.9 Å². The molecule has 4 nitrogen and oxygen atoms in total. The van der Waals surface area contributed by atoms with Crippen LogP contribution in [-0.4, -0.2) is 11.8 Å². The van der Waals surface area contributed by atoms with Crippen LogP contribution >= 0.6 is 0 Å². The number of rotatable bonds is 6. The summed E-state index contributed by atoms with van der Waals surface area (Å²) in [6.45, 7) is 0. The lowest BCUT2D eigenvalue weighted by molar-refractivity contribution is -0.122. The predicted molar refractivity (Wildman–Crippen MR) is 104 cm³/mol. The standard InChI is InChI=1S/C22H19FN2O2/c23-17-11-13-18(14-12-17)24-21(26)15-16-22(27)25(19-7-3-1-4-8-19)20-9-5-2-6-10-20/h1-14H,15-16H2,(H,24,26). The molecule has 0 bridgehead atoms. The topological polar surface area (TPSA) is 49.4 Å². The maximum Gasteiger partial charge on any atom is 0.232 e. The molecular formula is C22H19FN2O2. The molecule has 0 atom stereocenters. The summed E-state index contributed by atoms with van der Waals surface area (Å²) < 4.78 is 12.9. The molecule has 3 aromatic rings. The minimum atomic E-state index is -0.371. The van der Waals surface area contributed by atoms with E-state index in [1.165, 1.54) is 24.3 Å². The molecule has 0 aliphatic carbocycles. The third-order valence-electron chi connectivity index (χ3n) is 3.97. The molecule has 0 saturated heterocycles. The molecule has 2 amide bonds. The van der Waals surface area contributed by atoms with E-state index >= 15 is 0 Å². The summed E-state index contributed by atoms with van der Waals surface area (Å²) in [5.41, 5.74) is 1.98. The van der Waals surface area contributed by atoms with Crippen molar-refractivity contribution in [3.8, 4) is 0 Å². The molecule has 0 unspecified atom stereocenters. The molecule has 0 heterocycles. The molecule has 0 aliphatic rings. The van der Waals surface area contributed by atoms with Crippen LogP contribution in [0.15, 0.2) is 84.9 Å². The monoisotopic (exact) mass is 362 g/mol. The van der Waals surface area contributed by atoms with Gasteiger partial charge in [0.15, 0.2) is 0 Å². The zero-order valence-electron chi connectivity index (χ0n) is 14.6. The van der Waals surface area contributed by atoms with Crippen LogP contribution in [0.1, 0.15) is 12.8 Å². The Morgan fingerprint density at radius 3 is 1.78 bits per heavy atom. The first-order chi connectivity index (χ1) is 13.1. The highest BCUT2D eigenvalue weighted by molar-refractivity contribution is 6.02. The summed E-state index contributed by atoms with van der Waals surface area (Å²) in [5, 5.41) is 2.67. The van der Waals surface area contributed by atoms with E-state index in [0.29, 0.717) is 5.69 Å². The van der Waals surface area contributed by atoms with E-state index in [-0.39, 0.29) is 30.5 Å². The molecule has 0 fully saturated rings. The van der Waals surface area contributed by atoms with Gasteiger partial charge in [-0.3, -0.25) is 14.5 Å². The second-order valence-corrected chi connectivity index (χ2v) is 5.96. The Morgan fingerprint density at radius 2 is 1.26 bits per heavy atom. The first kappa shape index (κ1) is 18.3. The smallest absolute Gasteiger partial charge is 0.232 e. The fraction of sp³-hybridized carbons (Fsp3) is 0.0909. The molecule has 5 heteroatoms. The zero-order chi connectivity index (χ0) is 19.1. The van der Waals surface area contributed by atoms with E-state index in [4.69, 9.17) is 0 Å². The fourth-order valence-corrected chi connectivity index (χ4v) is 2.68. The van der Waals surface area contributed by atoms with Gasteiger partial charge in [0.2, 0.25) is 11.8 Å². The van der Waals surface area contributed by atoms with E-state index in [9.17, 15) is 14.0 Å². The van der Waals surface area contributed by atoms with Crippen LogP contribution in [0.3, 0.4) is 0 Å². The highest BCUT2D eigenvalue weighted by Gasteiger charge is 2.18. The molecule has 0 aliphatic heterocycles.